The van der Waals surface area contributed by atoms with Gasteiger partial charge >= 0.3 is 7.60 Å². The van der Waals surface area contributed by atoms with Crippen molar-refractivity contribution in [3.63, 3.8) is 0 Å². The molecule has 0 saturated heterocycles. The number of hydrogen-bond donors (Lipinski definition) is 0. The molecular weight excluding hydrogens is 311 g/mol. The fourth-order valence-corrected chi connectivity index (χ4v) is 3.64. The van der Waals surface area contributed by atoms with Crippen molar-refractivity contribution in [2.45, 2.75) is 0 Å². The molecule has 3 rings (SSSR count). The predicted octanol–water partition coefficient (Wildman–Crippen LogP) is 4.72. The van der Waals surface area contributed by atoms with Crippen LogP contribution in [-0.4, -0.2) is 14.2 Å². The summed E-state index contributed by atoms with van der Waals surface area (Å²) in [4.78, 5) is 0. The Morgan fingerprint density at radius 3 is 1.87 bits per heavy atom. The summed E-state index contributed by atoms with van der Waals surface area (Å²) in [6, 6.07) is 20.9. The van der Waals surface area contributed by atoms with Crippen molar-refractivity contribution in [2.75, 3.05) is 14.2 Å². The molecule has 0 radical (unpaired) electrons. The molecule has 0 fully saturated rings. The highest BCUT2D eigenvalue weighted by molar-refractivity contribution is 7.62. The van der Waals surface area contributed by atoms with Gasteiger partial charge in [0.2, 0.25) is 0 Å². The Hall–Kier alpha value is -2.13. The minimum atomic E-state index is -3.43. The van der Waals surface area contributed by atoms with E-state index in [-0.39, 0.29) is 0 Å². The third-order valence-corrected chi connectivity index (χ3v) is 5.47. The van der Waals surface area contributed by atoms with Crippen molar-refractivity contribution in [1.29, 1.82) is 0 Å². The highest BCUT2D eigenvalue weighted by Crippen LogP contribution is 2.49. The summed E-state index contributed by atoms with van der Waals surface area (Å²) in [7, 11) is -0.691. The minimum Gasteiger partial charge on any atom is -0.455 e. The highest BCUT2D eigenvalue weighted by atomic mass is 31.2. The summed E-state index contributed by atoms with van der Waals surface area (Å²) < 4.78 is 29.2. The lowest BCUT2D eigenvalue weighted by Gasteiger charge is -2.13. The van der Waals surface area contributed by atoms with Crippen LogP contribution in [0.4, 0.5) is 0 Å². The maximum atomic E-state index is 12.9. The van der Waals surface area contributed by atoms with Crippen LogP contribution >= 0.6 is 7.60 Å². The van der Waals surface area contributed by atoms with Crippen LogP contribution in [-0.2, 0) is 13.6 Å². The van der Waals surface area contributed by atoms with Gasteiger partial charge < -0.3 is 13.5 Å². The zero-order chi connectivity index (χ0) is 16.3. The van der Waals surface area contributed by atoms with Crippen molar-refractivity contribution in [2.24, 2.45) is 0 Å². The molecule has 0 aliphatic carbocycles. The van der Waals surface area contributed by atoms with Crippen molar-refractivity contribution in [1.82, 2.24) is 0 Å². The number of rotatable bonds is 5. The fourth-order valence-electron chi connectivity index (χ4n) is 2.40. The van der Waals surface area contributed by atoms with Gasteiger partial charge in [-0.2, -0.15) is 0 Å². The van der Waals surface area contributed by atoms with Crippen LogP contribution in [0.3, 0.4) is 0 Å². The molecule has 0 aliphatic rings. The van der Waals surface area contributed by atoms with Crippen molar-refractivity contribution < 1.29 is 18.0 Å². The van der Waals surface area contributed by atoms with Crippen LogP contribution in [0.1, 0.15) is 0 Å². The lowest BCUT2D eigenvalue weighted by atomic mass is 10.1. The largest absolute Gasteiger partial charge is 0.455 e. The lowest BCUT2D eigenvalue weighted by molar-refractivity contribution is 0.287. The molecule has 0 unspecified atom stereocenters. The summed E-state index contributed by atoms with van der Waals surface area (Å²) in [6.45, 7) is 0. The molecule has 1 aromatic heterocycles. The summed E-state index contributed by atoms with van der Waals surface area (Å²) in [5.41, 5.74) is 1.72. The first-order valence-corrected chi connectivity index (χ1v) is 8.69. The summed E-state index contributed by atoms with van der Waals surface area (Å²) in [6.07, 6.45) is 0. The second-order valence-corrected chi connectivity index (χ2v) is 7.13. The molecule has 4 nitrogen and oxygen atoms in total. The van der Waals surface area contributed by atoms with E-state index in [9.17, 15) is 4.57 Å². The predicted molar refractivity (Wildman–Crippen MR) is 90.8 cm³/mol. The third kappa shape index (κ3) is 3.02. The van der Waals surface area contributed by atoms with E-state index in [4.69, 9.17) is 13.5 Å². The standard InChI is InChI=1S/C18H17O4P/c1-20-23(19,21-2)17-13-16(14-9-5-3-6-10-14)22-18(17)15-11-7-4-8-12-15/h3-13H,1-2H3. The van der Waals surface area contributed by atoms with Gasteiger partial charge in [-0.05, 0) is 0 Å². The quantitative estimate of drug-likeness (QED) is 0.636. The Kier molecular flexibility index (Phi) is 4.49. The van der Waals surface area contributed by atoms with E-state index in [0.717, 1.165) is 11.1 Å². The molecule has 0 amide bonds. The first kappa shape index (κ1) is 15.8. The number of hydrogen-bond acceptors (Lipinski definition) is 4. The molecule has 0 N–H and O–H groups in total. The lowest BCUT2D eigenvalue weighted by Crippen LogP contribution is -2.08. The van der Waals surface area contributed by atoms with Crippen molar-refractivity contribution in [3.05, 3.63) is 66.7 Å². The Labute approximate surface area is 135 Å². The maximum Gasteiger partial charge on any atom is 0.364 e. The number of benzene rings is 2. The topological polar surface area (TPSA) is 48.7 Å². The average molecular weight is 328 g/mol. The van der Waals surface area contributed by atoms with Gasteiger partial charge in [-0.15, -0.1) is 0 Å². The molecule has 1 heterocycles. The van der Waals surface area contributed by atoms with Crippen molar-refractivity contribution in [3.8, 4) is 22.6 Å². The summed E-state index contributed by atoms with van der Waals surface area (Å²) in [5, 5.41) is 0.424. The molecule has 0 bridgehead atoms. The maximum absolute atomic E-state index is 12.9. The fraction of sp³-hybridized carbons (Fsp3) is 0.111. The smallest absolute Gasteiger partial charge is 0.364 e. The number of furan rings is 1. The average Bonchev–Trinajstić information content (AvgIpc) is 3.08. The summed E-state index contributed by atoms with van der Waals surface area (Å²) >= 11 is 0. The van der Waals surface area contributed by atoms with Crippen LogP contribution in [0, 0.1) is 0 Å². The zero-order valence-corrected chi connectivity index (χ0v) is 13.8. The van der Waals surface area contributed by atoms with E-state index in [1.807, 2.05) is 60.7 Å². The van der Waals surface area contributed by atoms with Crippen LogP contribution in [0.5, 0.6) is 0 Å². The highest BCUT2D eigenvalue weighted by Gasteiger charge is 2.32. The van der Waals surface area contributed by atoms with Crippen LogP contribution in [0.2, 0.25) is 0 Å². The van der Waals surface area contributed by atoms with Gasteiger partial charge in [-0.25, -0.2) is 0 Å². The van der Waals surface area contributed by atoms with Gasteiger partial charge in [0.15, 0.2) is 0 Å². The Balaban J connectivity index is 2.21. The normalized spacial score (nSPS) is 11.6. The van der Waals surface area contributed by atoms with Gasteiger partial charge in [0.05, 0.1) is 0 Å². The third-order valence-electron chi connectivity index (χ3n) is 3.58. The molecule has 5 heteroatoms. The minimum absolute atomic E-state index is 0.424. The molecular formula is C18H17O4P. The molecule has 0 aliphatic heterocycles. The second kappa shape index (κ2) is 6.55. The van der Waals surface area contributed by atoms with E-state index >= 15 is 0 Å². The first-order chi connectivity index (χ1) is 11.2. The van der Waals surface area contributed by atoms with Crippen LogP contribution in [0.15, 0.2) is 71.1 Å². The SMILES string of the molecule is COP(=O)(OC)c1cc(-c2ccccc2)oc1-c1ccccc1. The molecule has 118 valence electrons. The molecule has 23 heavy (non-hydrogen) atoms. The van der Waals surface area contributed by atoms with Gasteiger partial charge in [0.25, 0.3) is 0 Å². The molecule has 2 aromatic carbocycles. The van der Waals surface area contributed by atoms with Crippen LogP contribution < -0.4 is 5.30 Å². The Morgan fingerprint density at radius 1 is 0.826 bits per heavy atom. The first-order valence-electron chi connectivity index (χ1n) is 7.14. The van der Waals surface area contributed by atoms with Crippen LogP contribution in [0.25, 0.3) is 22.6 Å². The second-order valence-electron chi connectivity index (χ2n) is 4.92. The summed E-state index contributed by atoms with van der Waals surface area (Å²) in [5.74, 6) is 1.12. The van der Waals surface area contributed by atoms with E-state index in [0.29, 0.717) is 16.8 Å². The van der Waals surface area contributed by atoms with Gasteiger partial charge in [0, 0.05) is 31.4 Å². The van der Waals surface area contributed by atoms with Gasteiger partial charge in [-0.3, -0.25) is 4.57 Å². The molecule has 3 aromatic rings. The van der Waals surface area contributed by atoms with Gasteiger partial charge in [-0.1, -0.05) is 60.7 Å². The molecule has 0 spiro atoms. The monoisotopic (exact) mass is 328 g/mol. The van der Waals surface area contributed by atoms with E-state index in [2.05, 4.69) is 0 Å². The molecule has 0 atom stereocenters. The van der Waals surface area contributed by atoms with Crippen molar-refractivity contribution >= 4 is 12.9 Å². The van der Waals surface area contributed by atoms with Gasteiger partial charge in [0.1, 0.15) is 16.8 Å². The Morgan fingerprint density at radius 2 is 1.35 bits per heavy atom. The zero-order valence-electron chi connectivity index (χ0n) is 12.9. The van der Waals surface area contributed by atoms with E-state index < -0.39 is 7.60 Å². The van der Waals surface area contributed by atoms with E-state index in [1.165, 1.54) is 14.2 Å². The molecule has 0 saturated carbocycles. The Bertz CT molecular complexity index is 817. The van der Waals surface area contributed by atoms with E-state index in [1.54, 1.807) is 6.07 Å².